The largest absolute Gasteiger partial charge is 0.375 e. The van der Waals surface area contributed by atoms with E-state index in [1.54, 1.807) is 0 Å². The maximum Gasteiger partial charge on any atom is 0.0363 e. The number of hydrogen-bond donors (Lipinski definition) is 1. The van der Waals surface area contributed by atoms with Crippen molar-refractivity contribution in [3.8, 4) is 0 Å². The van der Waals surface area contributed by atoms with E-state index in [0.29, 0.717) is 0 Å². The van der Waals surface area contributed by atoms with Gasteiger partial charge in [0.15, 0.2) is 0 Å². The Bertz CT molecular complexity index is 543. The van der Waals surface area contributed by atoms with Gasteiger partial charge in [-0.2, -0.15) is 0 Å². The molecule has 2 rings (SSSR count). The molecule has 0 fully saturated rings. The summed E-state index contributed by atoms with van der Waals surface area (Å²) in [5.74, 6) is 0. The molecule has 0 aliphatic heterocycles. The zero-order valence-corrected chi connectivity index (χ0v) is 13.3. The highest BCUT2D eigenvalue weighted by Crippen LogP contribution is 2.18. The van der Waals surface area contributed by atoms with Gasteiger partial charge in [0.2, 0.25) is 0 Å². The average Bonchev–Trinajstić information content (AvgIpc) is 2.53. The molecule has 0 aliphatic rings. The molecule has 112 valence electrons. The predicted molar refractivity (Wildman–Crippen MR) is 91.8 cm³/mol. The van der Waals surface area contributed by atoms with Crippen LogP contribution in [0, 0.1) is 6.92 Å². The first kappa shape index (κ1) is 15.6. The lowest BCUT2D eigenvalue weighted by atomic mass is 10.0. The number of anilines is 1. The minimum atomic E-state index is 0.1000. The lowest BCUT2D eigenvalue weighted by molar-refractivity contribution is 0.645. The van der Waals surface area contributed by atoms with Crippen molar-refractivity contribution in [1.29, 1.82) is 0 Å². The van der Waals surface area contributed by atoms with Gasteiger partial charge in [0.1, 0.15) is 0 Å². The molecule has 0 bridgehead atoms. The van der Waals surface area contributed by atoms with Crippen molar-refractivity contribution < 1.29 is 0 Å². The average molecular weight is 282 g/mol. The minimum Gasteiger partial charge on any atom is -0.375 e. The fourth-order valence-corrected chi connectivity index (χ4v) is 2.43. The number of hydrogen-bond acceptors (Lipinski definition) is 2. The van der Waals surface area contributed by atoms with Crippen molar-refractivity contribution in [2.45, 2.75) is 32.7 Å². The van der Waals surface area contributed by atoms with E-state index >= 15 is 0 Å². The molecular formula is C19H26N2. The smallest absolute Gasteiger partial charge is 0.0363 e. The van der Waals surface area contributed by atoms with Crippen molar-refractivity contribution in [3.63, 3.8) is 0 Å². The van der Waals surface area contributed by atoms with Crippen LogP contribution in [0.3, 0.4) is 0 Å². The summed E-state index contributed by atoms with van der Waals surface area (Å²) in [6.07, 6.45) is 2.04. The quantitative estimate of drug-likeness (QED) is 0.865. The molecule has 0 spiro atoms. The van der Waals surface area contributed by atoms with E-state index in [2.05, 4.69) is 74.3 Å². The number of rotatable bonds is 6. The van der Waals surface area contributed by atoms with E-state index < -0.39 is 0 Å². The van der Waals surface area contributed by atoms with Gasteiger partial charge in [0.25, 0.3) is 0 Å². The van der Waals surface area contributed by atoms with Gasteiger partial charge in [-0.1, -0.05) is 48.9 Å². The molecule has 0 saturated heterocycles. The summed E-state index contributed by atoms with van der Waals surface area (Å²) in [6.45, 7) is 5.24. The van der Waals surface area contributed by atoms with E-state index in [1.807, 2.05) is 0 Å². The van der Waals surface area contributed by atoms with Crippen LogP contribution in [0.15, 0.2) is 48.5 Å². The normalized spacial score (nSPS) is 12.2. The maximum absolute atomic E-state index is 6.29. The second-order valence-corrected chi connectivity index (χ2v) is 5.75. The highest BCUT2D eigenvalue weighted by Gasteiger charge is 2.08. The van der Waals surface area contributed by atoms with Gasteiger partial charge in [-0.05, 0) is 43.0 Å². The van der Waals surface area contributed by atoms with Crippen LogP contribution in [-0.2, 0) is 6.42 Å². The second kappa shape index (κ2) is 7.28. The highest BCUT2D eigenvalue weighted by molar-refractivity contribution is 5.46. The Labute approximate surface area is 128 Å². The molecule has 21 heavy (non-hydrogen) atoms. The first-order valence-corrected chi connectivity index (χ1v) is 7.72. The fraction of sp³-hybridized carbons (Fsp3) is 0.368. The molecule has 0 aliphatic carbocycles. The summed E-state index contributed by atoms with van der Waals surface area (Å²) in [5.41, 5.74) is 11.4. The molecule has 0 radical (unpaired) electrons. The Morgan fingerprint density at radius 1 is 1.00 bits per heavy atom. The van der Waals surface area contributed by atoms with Crippen molar-refractivity contribution in [2.24, 2.45) is 5.73 Å². The molecule has 2 aromatic carbocycles. The van der Waals surface area contributed by atoms with Crippen LogP contribution in [-0.4, -0.2) is 13.6 Å². The van der Waals surface area contributed by atoms with E-state index in [-0.39, 0.29) is 6.04 Å². The SMILES string of the molecule is CCc1ccc(N(C)CCC(N)c2ccc(C)cc2)cc1. The van der Waals surface area contributed by atoms with Gasteiger partial charge in [0, 0.05) is 25.3 Å². The zero-order valence-electron chi connectivity index (χ0n) is 13.3. The Morgan fingerprint density at radius 3 is 2.19 bits per heavy atom. The molecule has 0 amide bonds. The van der Waals surface area contributed by atoms with E-state index in [9.17, 15) is 0 Å². The van der Waals surface area contributed by atoms with Gasteiger partial charge < -0.3 is 10.6 Å². The fourth-order valence-electron chi connectivity index (χ4n) is 2.43. The lowest BCUT2D eigenvalue weighted by Gasteiger charge is -2.22. The molecule has 2 N–H and O–H groups in total. The van der Waals surface area contributed by atoms with Gasteiger partial charge in [0.05, 0.1) is 0 Å². The third-order valence-electron chi connectivity index (χ3n) is 4.07. The minimum absolute atomic E-state index is 0.1000. The molecule has 2 heteroatoms. The van der Waals surface area contributed by atoms with Crippen molar-refractivity contribution in [1.82, 2.24) is 0 Å². The molecule has 1 atom stereocenters. The molecule has 0 aromatic heterocycles. The van der Waals surface area contributed by atoms with Crippen LogP contribution in [0.5, 0.6) is 0 Å². The van der Waals surface area contributed by atoms with Crippen LogP contribution in [0.4, 0.5) is 5.69 Å². The molecule has 2 nitrogen and oxygen atoms in total. The van der Waals surface area contributed by atoms with Crippen LogP contribution in [0.25, 0.3) is 0 Å². The van der Waals surface area contributed by atoms with Crippen LogP contribution >= 0.6 is 0 Å². The Morgan fingerprint density at radius 2 is 1.62 bits per heavy atom. The Balaban J connectivity index is 1.90. The summed E-state index contributed by atoms with van der Waals surface area (Å²) in [4.78, 5) is 2.27. The molecular weight excluding hydrogens is 256 g/mol. The summed E-state index contributed by atoms with van der Waals surface area (Å²) in [6, 6.07) is 17.4. The standard InChI is InChI=1S/C19H26N2/c1-4-16-7-11-18(12-8-16)21(3)14-13-19(20)17-9-5-15(2)6-10-17/h5-12,19H,4,13-14,20H2,1-3H3. The third-order valence-corrected chi connectivity index (χ3v) is 4.07. The number of benzene rings is 2. The molecule has 0 saturated carbocycles. The second-order valence-electron chi connectivity index (χ2n) is 5.75. The van der Waals surface area contributed by atoms with E-state index in [0.717, 1.165) is 19.4 Å². The van der Waals surface area contributed by atoms with Crippen molar-refractivity contribution in [3.05, 3.63) is 65.2 Å². The maximum atomic E-state index is 6.29. The first-order valence-electron chi connectivity index (χ1n) is 7.72. The topological polar surface area (TPSA) is 29.3 Å². The molecule has 2 aromatic rings. The zero-order chi connectivity index (χ0) is 15.2. The third kappa shape index (κ3) is 4.33. The Hall–Kier alpha value is -1.80. The van der Waals surface area contributed by atoms with Crippen LogP contribution < -0.4 is 10.6 Å². The molecule has 1 unspecified atom stereocenters. The van der Waals surface area contributed by atoms with Crippen molar-refractivity contribution in [2.75, 3.05) is 18.5 Å². The summed E-state index contributed by atoms with van der Waals surface area (Å²) < 4.78 is 0. The van der Waals surface area contributed by atoms with Crippen LogP contribution in [0.2, 0.25) is 0 Å². The monoisotopic (exact) mass is 282 g/mol. The summed E-state index contributed by atoms with van der Waals surface area (Å²) in [5, 5.41) is 0. The Kier molecular flexibility index (Phi) is 5.40. The van der Waals surface area contributed by atoms with Gasteiger partial charge >= 0.3 is 0 Å². The molecule has 0 heterocycles. The van der Waals surface area contributed by atoms with Gasteiger partial charge in [-0.25, -0.2) is 0 Å². The highest BCUT2D eigenvalue weighted by atomic mass is 15.1. The van der Waals surface area contributed by atoms with Gasteiger partial charge in [-0.3, -0.25) is 0 Å². The van der Waals surface area contributed by atoms with Gasteiger partial charge in [-0.15, -0.1) is 0 Å². The van der Waals surface area contributed by atoms with E-state index in [1.165, 1.54) is 22.4 Å². The van der Waals surface area contributed by atoms with Crippen molar-refractivity contribution >= 4 is 5.69 Å². The number of aryl methyl sites for hydroxylation is 2. The van der Waals surface area contributed by atoms with E-state index in [4.69, 9.17) is 5.73 Å². The lowest BCUT2D eigenvalue weighted by Crippen LogP contribution is -2.23. The first-order chi connectivity index (χ1) is 10.1. The number of nitrogens with two attached hydrogens (primary N) is 1. The van der Waals surface area contributed by atoms with Crippen LogP contribution in [0.1, 0.15) is 36.1 Å². The number of nitrogens with zero attached hydrogens (tertiary/aromatic N) is 1. The summed E-state index contributed by atoms with van der Waals surface area (Å²) >= 11 is 0. The predicted octanol–water partition coefficient (Wildman–Crippen LogP) is 4.08. The summed E-state index contributed by atoms with van der Waals surface area (Å²) in [7, 11) is 2.13.